The first-order valence-corrected chi connectivity index (χ1v) is 16.7. The van der Waals surface area contributed by atoms with Crippen molar-refractivity contribution in [2.24, 2.45) is 5.92 Å². The monoisotopic (exact) mass is 591 g/mol. The Morgan fingerprint density at radius 2 is 1.79 bits per heavy atom. The number of aromatic nitrogens is 2. The van der Waals surface area contributed by atoms with E-state index in [4.69, 9.17) is 4.74 Å². The molecule has 43 heavy (non-hydrogen) atoms. The van der Waals surface area contributed by atoms with Crippen molar-refractivity contribution in [3.05, 3.63) is 77.4 Å². The Morgan fingerprint density at radius 1 is 1.02 bits per heavy atom. The highest BCUT2D eigenvalue weighted by molar-refractivity contribution is 5.93. The lowest BCUT2D eigenvalue weighted by Gasteiger charge is -2.32. The van der Waals surface area contributed by atoms with Gasteiger partial charge in [0.25, 0.3) is 0 Å². The van der Waals surface area contributed by atoms with Crippen molar-refractivity contribution >= 4 is 11.6 Å². The highest BCUT2D eigenvalue weighted by Crippen LogP contribution is 2.34. The van der Waals surface area contributed by atoms with Gasteiger partial charge >= 0.3 is 0 Å². The molecule has 0 spiro atoms. The Hall–Kier alpha value is -3.15. The number of benzene rings is 2. The molecule has 236 valence electrons. The molecule has 4 rings (SSSR count). The number of hydrogen-bond donors (Lipinski definition) is 0. The van der Waals surface area contributed by atoms with Gasteiger partial charge in [0.05, 0.1) is 6.61 Å². The minimum Gasteiger partial charge on any atom is -0.493 e. The van der Waals surface area contributed by atoms with Gasteiger partial charge in [-0.05, 0) is 97.9 Å². The van der Waals surface area contributed by atoms with Crippen LogP contribution in [-0.2, 0) is 17.8 Å². The summed E-state index contributed by atoms with van der Waals surface area (Å²) in [5.74, 6) is 2.40. The van der Waals surface area contributed by atoms with E-state index >= 15 is 0 Å². The zero-order chi connectivity index (χ0) is 31.2. The summed E-state index contributed by atoms with van der Waals surface area (Å²) < 4.78 is 21.1. The van der Waals surface area contributed by atoms with Gasteiger partial charge in [0, 0.05) is 43.5 Å². The average Bonchev–Trinajstić information content (AvgIpc) is 3.72. The number of nitrogens with zero attached hydrogens (tertiary/aromatic N) is 3. The van der Waals surface area contributed by atoms with Crippen LogP contribution in [0.15, 0.2) is 54.9 Å². The molecule has 2 unspecified atom stereocenters. The molecule has 2 heterocycles. The standard InChI is InChI=1S/C20H28N2O.C17H26FNO/c1-3-16(8-12-22-11-5-10-21-22)14-17(4-2)18-6-7-20-19(15-18)9-13-23-20;1-5-8-14(9-6-2)19(17(20)7-3)15-10-11-16(18)13(4)12-15/h5-7,10-11,15-17H,3-4,8-9,12-14H2,1-2H3;10-12,14H,5-9H2,1-4H3. The predicted octanol–water partition coefficient (Wildman–Crippen LogP) is 9.66. The number of amides is 1. The van der Waals surface area contributed by atoms with E-state index in [9.17, 15) is 9.18 Å². The lowest BCUT2D eigenvalue weighted by molar-refractivity contribution is -0.118. The summed E-state index contributed by atoms with van der Waals surface area (Å²) in [5.41, 5.74) is 4.30. The van der Waals surface area contributed by atoms with Crippen LogP contribution in [0.4, 0.5) is 10.1 Å². The van der Waals surface area contributed by atoms with Gasteiger partial charge in [-0.25, -0.2) is 4.39 Å². The fourth-order valence-electron chi connectivity index (χ4n) is 6.21. The number of aryl methyl sites for hydroxylation is 2. The van der Waals surface area contributed by atoms with Crippen LogP contribution in [0.1, 0.15) is 115 Å². The molecule has 6 heteroatoms. The molecule has 2 aromatic carbocycles. The maximum atomic E-state index is 13.4. The summed E-state index contributed by atoms with van der Waals surface area (Å²) in [6.07, 6.45) is 14.4. The summed E-state index contributed by atoms with van der Waals surface area (Å²) in [6, 6.07) is 14.0. The zero-order valence-electron chi connectivity index (χ0n) is 27.4. The maximum absolute atomic E-state index is 13.4. The molecule has 3 aromatic rings. The van der Waals surface area contributed by atoms with Gasteiger partial charge in [-0.1, -0.05) is 66.0 Å². The van der Waals surface area contributed by atoms with Crippen LogP contribution in [-0.4, -0.2) is 28.3 Å². The van der Waals surface area contributed by atoms with E-state index < -0.39 is 0 Å². The van der Waals surface area contributed by atoms with E-state index in [1.54, 1.807) is 19.1 Å². The quantitative estimate of drug-likeness (QED) is 0.177. The number of fused-ring (bicyclic) bond motifs is 1. The Bertz CT molecular complexity index is 1240. The van der Waals surface area contributed by atoms with E-state index in [0.29, 0.717) is 17.9 Å². The molecular formula is C37H54FN3O2. The maximum Gasteiger partial charge on any atom is 0.226 e. The van der Waals surface area contributed by atoms with E-state index in [-0.39, 0.29) is 17.8 Å². The van der Waals surface area contributed by atoms with Gasteiger partial charge in [0.2, 0.25) is 5.91 Å². The van der Waals surface area contributed by atoms with E-state index in [1.807, 2.05) is 24.1 Å². The van der Waals surface area contributed by atoms with Gasteiger partial charge in [-0.15, -0.1) is 0 Å². The number of carbonyl (C=O) groups is 1. The molecule has 0 saturated carbocycles. The molecule has 0 fully saturated rings. The molecule has 5 nitrogen and oxygen atoms in total. The van der Waals surface area contributed by atoms with Crippen LogP contribution in [0.5, 0.6) is 5.75 Å². The molecule has 1 aromatic heterocycles. The molecule has 1 amide bonds. The molecular weight excluding hydrogens is 537 g/mol. The van der Waals surface area contributed by atoms with Crippen LogP contribution in [0, 0.1) is 18.7 Å². The van der Waals surface area contributed by atoms with E-state index in [1.165, 1.54) is 42.9 Å². The first-order chi connectivity index (χ1) is 20.8. The molecule has 1 aliphatic rings. The number of ether oxygens (including phenoxy) is 1. The largest absolute Gasteiger partial charge is 0.493 e. The molecule has 0 N–H and O–H groups in total. The Labute approximate surface area is 259 Å². The first-order valence-electron chi connectivity index (χ1n) is 16.7. The third-order valence-corrected chi connectivity index (χ3v) is 8.80. The summed E-state index contributed by atoms with van der Waals surface area (Å²) in [7, 11) is 0. The van der Waals surface area contributed by atoms with Crippen LogP contribution < -0.4 is 9.64 Å². The Morgan fingerprint density at radius 3 is 2.40 bits per heavy atom. The van der Waals surface area contributed by atoms with Crippen LogP contribution in [0.2, 0.25) is 0 Å². The van der Waals surface area contributed by atoms with Crippen LogP contribution >= 0.6 is 0 Å². The second-order valence-electron chi connectivity index (χ2n) is 11.9. The molecule has 2 atom stereocenters. The number of hydrogen-bond acceptors (Lipinski definition) is 3. The van der Waals surface area contributed by atoms with Crippen molar-refractivity contribution in [1.29, 1.82) is 0 Å². The number of halogens is 1. The summed E-state index contributed by atoms with van der Waals surface area (Å²) in [6.45, 7) is 14.4. The second kappa shape index (κ2) is 17.8. The van der Waals surface area contributed by atoms with Crippen LogP contribution in [0.3, 0.4) is 0 Å². The van der Waals surface area contributed by atoms with Crippen LogP contribution in [0.25, 0.3) is 0 Å². The Kier molecular flexibility index (Phi) is 14.3. The second-order valence-corrected chi connectivity index (χ2v) is 11.9. The molecule has 0 saturated heterocycles. The first kappa shape index (κ1) is 34.3. The predicted molar refractivity (Wildman–Crippen MR) is 176 cm³/mol. The third-order valence-electron chi connectivity index (χ3n) is 8.80. The summed E-state index contributed by atoms with van der Waals surface area (Å²) in [4.78, 5) is 14.2. The fourth-order valence-corrected chi connectivity index (χ4v) is 6.21. The topological polar surface area (TPSA) is 47.4 Å². The molecule has 0 aliphatic carbocycles. The van der Waals surface area contributed by atoms with Gasteiger partial charge < -0.3 is 9.64 Å². The van der Waals surface area contributed by atoms with Crippen molar-refractivity contribution in [2.45, 2.75) is 124 Å². The lowest BCUT2D eigenvalue weighted by Crippen LogP contribution is -2.40. The SMILES string of the molecule is CCC(CCn1cccn1)CC(CC)c1ccc2c(c1)CCO2.CCCC(CCC)N(C(=O)CC)c1ccc(F)c(C)c1. The Balaban J connectivity index is 0.000000238. The molecule has 0 radical (unpaired) electrons. The third kappa shape index (κ3) is 9.94. The summed E-state index contributed by atoms with van der Waals surface area (Å²) in [5, 5.41) is 4.32. The number of carbonyl (C=O) groups excluding carboxylic acids is 1. The van der Waals surface area contributed by atoms with Crippen molar-refractivity contribution in [2.75, 3.05) is 11.5 Å². The van der Waals surface area contributed by atoms with Crippen molar-refractivity contribution in [3.63, 3.8) is 0 Å². The number of anilines is 1. The van der Waals surface area contributed by atoms with Crippen molar-refractivity contribution in [3.8, 4) is 5.75 Å². The smallest absolute Gasteiger partial charge is 0.226 e. The highest BCUT2D eigenvalue weighted by Gasteiger charge is 2.23. The fraction of sp³-hybridized carbons (Fsp3) is 0.568. The normalized spacial score (nSPS) is 13.6. The minimum absolute atomic E-state index is 0.114. The van der Waals surface area contributed by atoms with Gasteiger partial charge in [0.15, 0.2) is 0 Å². The van der Waals surface area contributed by atoms with Gasteiger partial charge in [-0.2, -0.15) is 5.10 Å². The summed E-state index contributed by atoms with van der Waals surface area (Å²) >= 11 is 0. The minimum atomic E-state index is -0.222. The average molecular weight is 592 g/mol. The van der Waals surface area contributed by atoms with E-state index in [0.717, 1.165) is 62.6 Å². The van der Waals surface area contributed by atoms with Gasteiger partial charge in [-0.3, -0.25) is 9.48 Å². The lowest BCUT2D eigenvalue weighted by atomic mass is 9.84. The molecule has 0 bridgehead atoms. The highest BCUT2D eigenvalue weighted by atomic mass is 19.1. The zero-order valence-corrected chi connectivity index (χ0v) is 27.4. The van der Waals surface area contributed by atoms with E-state index in [2.05, 4.69) is 61.9 Å². The van der Waals surface area contributed by atoms with Crippen molar-refractivity contribution in [1.82, 2.24) is 9.78 Å². The molecule has 1 aliphatic heterocycles. The number of rotatable bonds is 15. The van der Waals surface area contributed by atoms with Crippen molar-refractivity contribution < 1.29 is 13.9 Å². The van der Waals surface area contributed by atoms with Gasteiger partial charge in [0.1, 0.15) is 11.6 Å².